The van der Waals surface area contributed by atoms with Crippen molar-refractivity contribution in [1.29, 1.82) is 0 Å². The predicted molar refractivity (Wildman–Crippen MR) is 111 cm³/mol. The highest BCUT2D eigenvalue weighted by Gasteiger charge is 2.05. The van der Waals surface area contributed by atoms with Crippen molar-refractivity contribution in [2.75, 3.05) is 19.0 Å². The fraction of sp³-hybridized carbons (Fsp3) is 0.182. The van der Waals surface area contributed by atoms with Crippen LogP contribution in [0.15, 0.2) is 59.7 Å². The molecule has 0 spiro atoms. The number of hydrogen-bond donors (Lipinski definition) is 2. The van der Waals surface area contributed by atoms with Crippen molar-refractivity contribution in [3.05, 3.63) is 71.3 Å². The van der Waals surface area contributed by atoms with Gasteiger partial charge < -0.3 is 10.1 Å². The molecule has 0 saturated carbocycles. The third-order valence-electron chi connectivity index (χ3n) is 4.35. The van der Waals surface area contributed by atoms with Gasteiger partial charge in [0.25, 0.3) is 5.91 Å². The van der Waals surface area contributed by atoms with Gasteiger partial charge in [-0.25, -0.2) is 5.43 Å². The van der Waals surface area contributed by atoms with E-state index in [1.165, 1.54) is 5.56 Å². The molecule has 0 aliphatic rings. The van der Waals surface area contributed by atoms with Gasteiger partial charge in [0.2, 0.25) is 0 Å². The molecule has 5 nitrogen and oxygen atoms in total. The zero-order valence-corrected chi connectivity index (χ0v) is 15.7. The van der Waals surface area contributed by atoms with Crippen LogP contribution in [0.1, 0.15) is 16.7 Å². The maximum absolute atomic E-state index is 12.0. The first-order chi connectivity index (χ1) is 13.1. The van der Waals surface area contributed by atoms with Gasteiger partial charge in [0.05, 0.1) is 19.9 Å². The quantitative estimate of drug-likeness (QED) is 0.515. The summed E-state index contributed by atoms with van der Waals surface area (Å²) >= 11 is 0. The molecule has 0 heterocycles. The molecule has 0 aromatic heterocycles. The maximum Gasteiger partial charge on any atom is 0.259 e. The largest absolute Gasteiger partial charge is 0.496 e. The minimum atomic E-state index is -0.205. The molecular weight excluding hydrogens is 338 g/mol. The summed E-state index contributed by atoms with van der Waals surface area (Å²) in [7, 11) is 1.65. The Morgan fingerprint density at radius 1 is 1.07 bits per heavy atom. The highest BCUT2D eigenvalue weighted by atomic mass is 16.5. The number of carbonyl (C=O) groups is 1. The summed E-state index contributed by atoms with van der Waals surface area (Å²) < 4.78 is 5.39. The number of rotatable bonds is 6. The van der Waals surface area contributed by atoms with Crippen LogP contribution in [0.2, 0.25) is 0 Å². The first-order valence-electron chi connectivity index (χ1n) is 8.77. The van der Waals surface area contributed by atoms with Crippen LogP contribution in [0, 0.1) is 13.8 Å². The van der Waals surface area contributed by atoms with Gasteiger partial charge in [-0.05, 0) is 43.0 Å². The van der Waals surface area contributed by atoms with Gasteiger partial charge in [0.15, 0.2) is 0 Å². The molecule has 0 atom stereocenters. The van der Waals surface area contributed by atoms with Crippen molar-refractivity contribution in [2.45, 2.75) is 13.8 Å². The van der Waals surface area contributed by atoms with E-state index in [4.69, 9.17) is 4.74 Å². The minimum absolute atomic E-state index is 0.157. The van der Waals surface area contributed by atoms with Gasteiger partial charge in [-0.3, -0.25) is 4.79 Å². The topological polar surface area (TPSA) is 62.7 Å². The lowest BCUT2D eigenvalue weighted by Gasteiger charge is -2.09. The summed E-state index contributed by atoms with van der Waals surface area (Å²) in [6.45, 7) is 4.21. The maximum atomic E-state index is 12.0. The number of anilines is 1. The lowest BCUT2D eigenvalue weighted by atomic mass is 10.0. The Morgan fingerprint density at radius 2 is 1.85 bits per heavy atom. The highest BCUT2D eigenvalue weighted by Crippen LogP contribution is 2.27. The monoisotopic (exact) mass is 361 g/mol. The van der Waals surface area contributed by atoms with Crippen LogP contribution in [-0.4, -0.2) is 25.8 Å². The smallest absolute Gasteiger partial charge is 0.259 e. The lowest BCUT2D eigenvalue weighted by Crippen LogP contribution is -2.26. The van der Waals surface area contributed by atoms with Crippen LogP contribution < -0.4 is 15.5 Å². The van der Waals surface area contributed by atoms with Crippen molar-refractivity contribution < 1.29 is 9.53 Å². The van der Waals surface area contributed by atoms with E-state index in [1.807, 2.05) is 62.4 Å². The van der Waals surface area contributed by atoms with Crippen molar-refractivity contribution >= 4 is 28.6 Å². The summed E-state index contributed by atoms with van der Waals surface area (Å²) in [4.78, 5) is 12.0. The summed E-state index contributed by atoms with van der Waals surface area (Å²) in [5.74, 6) is 0.605. The Balaban J connectivity index is 1.64. The lowest BCUT2D eigenvalue weighted by molar-refractivity contribution is -0.119. The normalized spacial score (nSPS) is 10.9. The van der Waals surface area contributed by atoms with Gasteiger partial charge in [-0.1, -0.05) is 42.0 Å². The Labute approximate surface area is 159 Å². The molecule has 3 rings (SSSR count). The molecule has 0 radical (unpaired) electrons. The second-order valence-corrected chi connectivity index (χ2v) is 6.37. The number of amides is 1. The molecule has 0 aliphatic heterocycles. The van der Waals surface area contributed by atoms with E-state index in [2.05, 4.69) is 21.9 Å². The molecule has 0 saturated heterocycles. The number of hydrogen-bond acceptors (Lipinski definition) is 4. The van der Waals surface area contributed by atoms with E-state index < -0.39 is 0 Å². The molecule has 0 unspecified atom stereocenters. The molecule has 27 heavy (non-hydrogen) atoms. The average Bonchev–Trinajstić information content (AvgIpc) is 2.67. The van der Waals surface area contributed by atoms with Gasteiger partial charge >= 0.3 is 0 Å². The molecule has 0 aliphatic carbocycles. The standard InChI is InChI=1S/C22H23N3O2/c1-15-8-10-20(16(2)12-15)23-14-22(26)25-24-13-17-9-11-21(27-3)19-7-5-4-6-18(17)19/h4-13,23H,14H2,1-3H3,(H,25,26)/b24-13+. The molecule has 0 bridgehead atoms. The van der Waals surface area contributed by atoms with Gasteiger partial charge in [0.1, 0.15) is 5.75 Å². The van der Waals surface area contributed by atoms with Crippen LogP contribution in [-0.2, 0) is 4.79 Å². The van der Waals surface area contributed by atoms with E-state index in [0.29, 0.717) is 0 Å². The Kier molecular flexibility index (Phi) is 5.71. The van der Waals surface area contributed by atoms with E-state index >= 15 is 0 Å². The fourth-order valence-electron chi connectivity index (χ4n) is 2.99. The van der Waals surface area contributed by atoms with Crippen LogP contribution in [0.25, 0.3) is 10.8 Å². The minimum Gasteiger partial charge on any atom is -0.496 e. The highest BCUT2D eigenvalue weighted by molar-refractivity contribution is 6.02. The van der Waals surface area contributed by atoms with Crippen LogP contribution >= 0.6 is 0 Å². The third kappa shape index (κ3) is 4.44. The fourth-order valence-corrected chi connectivity index (χ4v) is 2.99. The molecule has 3 aromatic rings. The summed E-state index contributed by atoms with van der Waals surface area (Å²) in [6, 6.07) is 17.8. The van der Waals surface area contributed by atoms with Crippen LogP contribution in [0.3, 0.4) is 0 Å². The van der Waals surface area contributed by atoms with Crippen molar-refractivity contribution in [1.82, 2.24) is 5.43 Å². The van der Waals surface area contributed by atoms with E-state index in [-0.39, 0.29) is 12.5 Å². The number of hydrazone groups is 1. The number of benzene rings is 3. The zero-order chi connectivity index (χ0) is 19.2. The first kappa shape index (κ1) is 18.5. The molecule has 1 amide bonds. The predicted octanol–water partition coefficient (Wildman–Crippen LogP) is 4.03. The number of methoxy groups -OCH3 is 1. The molecule has 2 N–H and O–H groups in total. The Morgan fingerprint density at radius 3 is 2.59 bits per heavy atom. The van der Waals surface area contributed by atoms with E-state index in [0.717, 1.165) is 33.3 Å². The van der Waals surface area contributed by atoms with Crippen molar-refractivity contribution in [2.24, 2.45) is 5.10 Å². The number of fused-ring (bicyclic) bond motifs is 1. The number of ether oxygens (including phenoxy) is 1. The average molecular weight is 361 g/mol. The zero-order valence-electron chi connectivity index (χ0n) is 15.7. The number of carbonyl (C=O) groups excluding carboxylic acids is 1. The first-order valence-corrected chi connectivity index (χ1v) is 8.77. The number of nitrogens with one attached hydrogen (secondary N) is 2. The van der Waals surface area contributed by atoms with Crippen LogP contribution in [0.5, 0.6) is 5.75 Å². The second kappa shape index (κ2) is 8.36. The van der Waals surface area contributed by atoms with Crippen molar-refractivity contribution in [3.63, 3.8) is 0 Å². The molecule has 5 heteroatoms. The van der Waals surface area contributed by atoms with Gasteiger partial charge in [-0.15, -0.1) is 0 Å². The van der Waals surface area contributed by atoms with Crippen molar-refractivity contribution in [3.8, 4) is 5.75 Å². The van der Waals surface area contributed by atoms with E-state index in [1.54, 1.807) is 13.3 Å². The molecular formula is C22H23N3O2. The SMILES string of the molecule is COc1ccc(/C=N/NC(=O)CNc2ccc(C)cc2C)c2ccccc12. The Hall–Kier alpha value is -3.34. The summed E-state index contributed by atoms with van der Waals surface area (Å²) in [6.07, 6.45) is 1.65. The van der Waals surface area contributed by atoms with Gasteiger partial charge in [0, 0.05) is 16.6 Å². The molecule has 3 aromatic carbocycles. The number of nitrogens with zero attached hydrogens (tertiary/aromatic N) is 1. The second-order valence-electron chi connectivity index (χ2n) is 6.37. The third-order valence-corrected chi connectivity index (χ3v) is 4.35. The number of aryl methyl sites for hydroxylation is 2. The van der Waals surface area contributed by atoms with Gasteiger partial charge in [-0.2, -0.15) is 5.10 Å². The van der Waals surface area contributed by atoms with Crippen LogP contribution in [0.4, 0.5) is 5.69 Å². The molecule has 138 valence electrons. The summed E-state index contributed by atoms with van der Waals surface area (Å²) in [5, 5.41) is 9.24. The van der Waals surface area contributed by atoms with E-state index in [9.17, 15) is 4.79 Å². The summed E-state index contributed by atoms with van der Waals surface area (Å²) in [5.41, 5.74) is 6.72. The molecule has 0 fully saturated rings. The Bertz CT molecular complexity index is 996.